The van der Waals surface area contributed by atoms with Gasteiger partial charge in [-0.15, -0.1) is 0 Å². The Kier molecular flexibility index (Phi) is 4.85. The third-order valence-corrected chi connectivity index (χ3v) is 8.62. The fourth-order valence-electron chi connectivity index (χ4n) is 2.96. The van der Waals surface area contributed by atoms with E-state index in [4.69, 9.17) is 12.6 Å². The normalized spacial score (nSPS) is 11.1. The van der Waals surface area contributed by atoms with Crippen LogP contribution < -0.4 is 15.9 Å². The summed E-state index contributed by atoms with van der Waals surface area (Å²) in [6.07, 6.45) is 0.375. The molecule has 0 fully saturated rings. The van der Waals surface area contributed by atoms with Crippen LogP contribution in [0.4, 0.5) is 0 Å². The lowest BCUT2D eigenvalue weighted by Gasteiger charge is -2.28. The molecule has 0 radical (unpaired) electrons. The monoisotopic (exact) mass is 336 g/mol. The van der Waals surface area contributed by atoms with Gasteiger partial charge in [0.2, 0.25) is 0 Å². The molecule has 3 aromatic rings. The van der Waals surface area contributed by atoms with Crippen LogP contribution in [0.1, 0.15) is 0 Å². The molecule has 0 aliphatic carbocycles. The van der Waals surface area contributed by atoms with E-state index in [2.05, 4.69) is 36.4 Å². The molecule has 3 heteroatoms. The van der Waals surface area contributed by atoms with Gasteiger partial charge in [-0.3, -0.25) is 0 Å². The fourth-order valence-corrected chi connectivity index (χ4v) is 7.42. The SMILES string of the molecule is O=C([S-])C[P+](c1ccccc1)(c1ccccc1)c1ccccc1. The van der Waals surface area contributed by atoms with Crippen molar-refractivity contribution in [2.75, 3.05) is 6.16 Å². The maximum Gasteiger partial charge on any atom is 0.117 e. The maximum absolute atomic E-state index is 12.0. The smallest absolute Gasteiger partial charge is 0.117 e. The van der Waals surface area contributed by atoms with Crippen molar-refractivity contribution in [3.63, 3.8) is 0 Å². The van der Waals surface area contributed by atoms with Gasteiger partial charge in [-0.2, -0.15) is 0 Å². The summed E-state index contributed by atoms with van der Waals surface area (Å²) in [5, 5.41) is 3.39. The average Bonchev–Trinajstić information content (AvgIpc) is 2.62. The predicted octanol–water partition coefficient (Wildman–Crippen LogP) is 3.05. The van der Waals surface area contributed by atoms with Gasteiger partial charge in [-0.05, 0) is 36.4 Å². The van der Waals surface area contributed by atoms with E-state index in [0.29, 0.717) is 6.16 Å². The molecule has 0 heterocycles. The zero-order chi connectivity index (χ0) is 16.1. The zero-order valence-corrected chi connectivity index (χ0v) is 14.3. The Morgan fingerprint density at radius 2 is 0.957 bits per heavy atom. The molecule has 3 rings (SSSR count). The summed E-state index contributed by atoms with van der Waals surface area (Å²) in [7, 11) is -2.06. The second kappa shape index (κ2) is 7.04. The molecule has 0 N–H and O–H groups in total. The molecule has 0 atom stereocenters. The number of carbonyl (C=O) groups excluding carboxylic acids is 1. The molecule has 0 unspecified atom stereocenters. The highest BCUT2D eigenvalue weighted by molar-refractivity contribution is 7.98. The molecule has 0 saturated heterocycles. The van der Waals surface area contributed by atoms with E-state index in [0.717, 1.165) is 0 Å². The standard InChI is InChI=1S/C20H17OPS/c21-20(23)16-22(17-10-4-1-5-11-17,18-12-6-2-7-13-18)19-14-8-3-9-15-19/h1-15H,16H2. The molecular weight excluding hydrogens is 319 g/mol. The lowest BCUT2D eigenvalue weighted by molar-refractivity contribution is -0.108. The number of hydrogen-bond donors (Lipinski definition) is 0. The van der Waals surface area contributed by atoms with Crippen LogP contribution >= 0.6 is 7.26 Å². The topological polar surface area (TPSA) is 17.1 Å². The first-order chi connectivity index (χ1) is 11.2. The van der Waals surface area contributed by atoms with Crippen molar-refractivity contribution in [1.29, 1.82) is 0 Å². The highest BCUT2D eigenvalue weighted by atomic mass is 32.1. The van der Waals surface area contributed by atoms with Crippen molar-refractivity contribution in [1.82, 2.24) is 0 Å². The number of carbonyl (C=O) groups is 1. The Bertz CT molecular complexity index is 676. The summed E-state index contributed by atoms with van der Waals surface area (Å²) in [4.78, 5) is 12.0. The first-order valence-corrected chi connectivity index (χ1v) is 9.86. The lowest BCUT2D eigenvalue weighted by atomic mass is 10.4. The lowest BCUT2D eigenvalue weighted by Crippen LogP contribution is -2.35. The molecule has 0 aliphatic rings. The Balaban J connectivity index is 2.32. The van der Waals surface area contributed by atoms with Gasteiger partial charge in [-0.1, -0.05) is 54.6 Å². The van der Waals surface area contributed by atoms with Crippen molar-refractivity contribution in [3.8, 4) is 0 Å². The minimum Gasteiger partial charge on any atom is -0.738 e. The molecule has 1 nitrogen and oxygen atoms in total. The summed E-state index contributed by atoms with van der Waals surface area (Å²) in [6.45, 7) is 0. The second-order valence-corrected chi connectivity index (χ2v) is 9.29. The molecule has 3 aromatic carbocycles. The maximum atomic E-state index is 12.0. The van der Waals surface area contributed by atoms with Crippen LogP contribution in [0.2, 0.25) is 0 Å². The number of rotatable bonds is 5. The molecule has 23 heavy (non-hydrogen) atoms. The molecule has 0 amide bonds. The third kappa shape index (κ3) is 3.19. The first kappa shape index (κ1) is 15.9. The number of benzene rings is 3. The minimum atomic E-state index is -2.06. The summed E-state index contributed by atoms with van der Waals surface area (Å²) >= 11 is 5.02. The van der Waals surface area contributed by atoms with Crippen molar-refractivity contribution < 1.29 is 4.79 Å². The predicted molar refractivity (Wildman–Crippen MR) is 102 cm³/mol. The molecule has 0 aromatic heterocycles. The fraction of sp³-hybridized carbons (Fsp3) is 0.0500. The Morgan fingerprint density at radius 1 is 0.652 bits per heavy atom. The molecular formula is C20H17OPS. The van der Waals surface area contributed by atoms with Gasteiger partial charge in [0.15, 0.2) is 0 Å². The zero-order valence-electron chi connectivity index (χ0n) is 12.6. The quantitative estimate of drug-likeness (QED) is 0.526. The molecule has 0 saturated carbocycles. The summed E-state index contributed by atoms with van der Waals surface area (Å²) in [6, 6.07) is 30.9. The molecule has 0 aliphatic heterocycles. The third-order valence-electron chi connectivity index (χ3n) is 3.96. The van der Waals surface area contributed by atoms with Gasteiger partial charge in [0.1, 0.15) is 29.3 Å². The highest BCUT2D eigenvalue weighted by Gasteiger charge is 2.45. The van der Waals surface area contributed by atoms with E-state index in [1.54, 1.807) is 0 Å². The van der Waals surface area contributed by atoms with Crippen molar-refractivity contribution >= 4 is 40.9 Å². The average molecular weight is 336 g/mol. The largest absolute Gasteiger partial charge is 0.738 e. The van der Waals surface area contributed by atoms with E-state index < -0.39 is 7.26 Å². The van der Waals surface area contributed by atoms with Crippen LogP contribution in [0, 0.1) is 0 Å². The summed E-state index contributed by atoms with van der Waals surface area (Å²) in [5.41, 5.74) is 0. The van der Waals surface area contributed by atoms with E-state index >= 15 is 0 Å². The van der Waals surface area contributed by atoms with Gasteiger partial charge >= 0.3 is 0 Å². The van der Waals surface area contributed by atoms with E-state index in [9.17, 15) is 4.79 Å². The van der Waals surface area contributed by atoms with Crippen LogP contribution in [0.25, 0.3) is 0 Å². The van der Waals surface area contributed by atoms with Gasteiger partial charge in [0.25, 0.3) is 0 Å². The van der Waals surface area contributed by atoms with E-state index in [1.807, 2.05) is 54.6 Å². The first-order valence-electron chi connectivity index (χ1n) is 7.48. The van der Waals surface area contributed by atoms with Crippen molar-refractivity contribution in [2.45, 2.75) is 0 Å². The Morgan fingerprint density at radius 3 is 1.22 bits per heavy atom. The van der Waals surface area contributed by atoms with Crippen LogP contribution in [0.15, 0.2) is 91.0 Å². The van der Waals surface area contributed by atoms with Crippen molar-refractivity contribution in [2.24, 2.45) is 0 Å². The Hall–Kier alpha value is -2.02. The van der Waals surface area contributed by atoms with Crippen LogP contribution in [0.5, 0.6) is 0 Å². The summed E-state index contributed by atoms with van der Waals surface area (Å²) < 4.78 is 0. The Labute approximate surface area is 143 Å². The summed E-state index contributed by atoms with van der Waals surface area (Å²) in [5.74, 6) is 0. The van der Waals surface area contributed by atoms with Gasteiger partial charge in [-0.25, -0.2) is 0 Å². The second-order valence-electron chi connectivity index (χ2n) is 5.35. The van der Waals surface area contributed by atoms with Crippen LogP contribution in [-0.4, -0.2) is 11.3 Å². The number of hydrogen-bond acceptors (Lipinski definition) is 2. The minimum absolute atomic E-state index is 0.185. The van der Waals surface area contributed by atoms with Gasteiger partial charge in [0, 0.05) is 0 Å². The van der Waals surface area contributed by atoms with Gasteiger partial charge < -0.3 is 17.4 Å². The molecule has 0 spiro atoms. The molecule has 0 bridgehead atoms. The van der Waals surface area contributed by atoms with E-state index in [1.165, 1.54) is 15.9 Å². The van der Waals surface area contributed by atoms with Crippen LogP contribution in [0.3, 0.4) is 0 Å². The van der Waals surface area contributed by atoms with E-state index in [-0.39, 0.29) is 5.12 Å². The van der Waals surface area contributed by atoms with Crippen LogP contribution in [-0.2, 0) is 17.4 Å². The van der Waals surface area contributed by atoms with Crippen molar-refractivity contribution in [3.05, 3.63) is 91.0 Å². The van der Waals surface area contributed by atoms with Gasteiger partial charge in [0.05, 0.1) is 5.12 Å². The highest BCUT2D eigenvalue weighted by Crippen LogP contribution is 2.54. The molecule has 114 valence electrons.